The van der Waals surface area contributed by atoms with Gasteiger partial charge in [0, 0.05) is 18.6 Å². The molecule has 0 bridgehead atoms. The first-order valence-electron chi connectivity index (χ1n) is 9.50. The molecule has 0 spiro atoms. The van der Waals surface area contributed by atoms with Gasteiger partial charge in [-0.15, -0.1) is 0 Å². The highest BCUT2D eigenvalue weighted by Crippen LogP contribution is 2.27. The van der Waals surface area contributed by atoms with E-state index in [0.29, 0.717) is 34.7 Å². The molecule has 0 aliphatic rings. The molecule has 0 radical (unpaired) electrons. The number of sulfonamides is 1. The molecule has 1 heterocycles. The van der Waals surface area contributed by atoms with E-state index in [1.54, 1.807) is 62.5 Å². The second kappa shape index (κ2) is 8.65. The second-order valence-corrected chi connectivity index (χ2v) is 9.28. The van der Waals surface area contributed by atoms with Crippen LogP contribution in [-0.4, -0.2) is 28.8 Å². The normalized spacial score (nSPS) is 13.1. The van der Waals surface area contributed by atoms with Crippen molar-refractivity contribution in [2.45, 2.75) is 37.6 Å². The third-order valence-corrected chi connectivity index (χ3v) is 7.18. The van der Waals surface area contributed by atoms with Crippen LogP contribution in [0.15, 0.2) is 58.2 Å². The summed E-state index contributed by atoms with van der Waals surface area (Å²) >= 11 is 6.02. The molecule has 0 saturated carbocycles. The molecule has 6 nitrogen and oxygen atoms in total. The highest BCUT2D eigenvalue weighted by molar-refractivity contribution is 7.89. The molecule has 1 aromatic heterocycles. The minimum Gasteiger partial charge on any atom is -0.298 e. The maximum atomic E-state index is 13.4. The van der Waals surface area contributed by atoms with Crippen LogP contribution < -0.4 is 5.56 Å². The SMILES string of the molecule is CCCCN(C(C)c1nc2ccc(Cl)cc2c(=O)n1C)S(=O)(=O)c1ccccc1. The summed E-state index contributed by atoms with van der Waals surface area (Å²) in [6.45, 7) is 4.11. The molecule has 3 rings (SSSR count). The maximum Gasteiger partial charge on any atom is 0.261 e. The molecular formula is C21H24ClN3O3S. The lowest BCUT2D eigenvalue weighted by Crippen LogP contribution is -2.37. The van der Waals surface area contributed by atoms with Crippen LogP contribution in [0.1, 0.15) is 38.6 Å². The van der Waals surface area contributed by atoms with Gasteiger partial charge in [0.15, 0.2) is 0 Å². The summed E-state index contributed by atoms with van der Waals surface area (Å²) in [6, 6.07) is 12.6. The van der Waals surface area contributed by atoms with Gasteiger partial charge in [0.2, 0.25) is 10.0 Å². The highest BCUT2D eigenvalue weighted by atomic mass is 35.5. The third-order valence-electron chi connectivity index (χ3n) is 4.96. The van der Waals surface area contributed by atoms with Gasteiger partial charge in [0.1, 0.15) is 5.82 Å². The van der Waals surface area contributed by atoms with E-state index in [0.717, 1.165) is 6.42 Å². The van der Waals surface area contributed by atoms with Crippen molar-refractivity contribution in [1.29, 1.82) is 0 Å². The summed E-state index contributed by atoms with van der Waals surface area (Å²) < 4.78 is 29.5. The fourth-order valence-electron chi connectivity index (χ4n) is 3.33. The van der Waals surface area contributed by atoms with Crippen molar-refractivity contribution in [3.05, 3.63) is 69.7 Å². The van der Waals surface area contributed by atoms with Gasteiger partial charge in [-0.1, -0.05) is 43.1 Å². The average molecular weight is 434 g/mol. The molecule has 29 heavy (non-hydrogen) atoms. The molecule has 0 saturated heterocycles. The monoisotopic (exact) mass is 433 g/mol. The Morgan fingerprint density at radius 2 is 1.86 bits per heavy atom. The van der Waals surface area contributed by atoms with Crippen molar-refractivity contribution < 1.29 is 8.42 Å². The first kappa shape index (κ1) is 21.5. The molecule has 1 atom stereocenters. The van der Waals surface area contributed by atoms with E-state index in [4.69, 9.17) is 11.6 Å². The number of rotatable bonds is 7. The van der Waals surface area contributed by atoms with E-state index in [9.17, 15) is 13.2 Å². The fourth-order valence-corrected chi connectivity index (χ4v) is 5.15. The molecule has 0 fully saturated rings. The zero-order chi connectivity index (χ0) is 21.2. The van der Waals surface area contributed by atoms with Gasteiger partial charge in [-0.2, -0.15) is 4.31 Å². The topological polar surface area (TPSA) is 72.3 Å². The average Bonchev–Trinajstić information content (AvgIpc) is 2.71. The highest BCUT2D eigenvalue weighted by Gasteiger charge is 2.31. The third kappa shape index (κ3) is 4.22. The minimum atomic E-state index is -3.75. The van der Waals surface area contributed by atoms with E-state index >= 15 is 0 Å². The van der Waals surface area contributed by atoms with Crippen molar-refractivity contribution in [3.63, 3.8) is 0 Å². The number of hydrogen-bond donors (Lipinski definition) is 0. The van der Waals surface area contributed by atoms with Crippen LogP contribution >= 0.6 is 11.6 Å². The zero-order valence-electron chi connectivity index (χ0n) is 16.7. The molecule has 3 aromatic rings. The van der Waals surface area contributed by atoms with Crippen LogP contribution in [0.2, 0.25) is 5.02 Å². The number of fused-ring (bicyclic) bond motifs is 1. The summed E-state index contributed by atoms with van der Waals surface area (Å²) in [7, 11) is -2.15. The summed E-state index contributed by atoms with van der Waals surface area (Å²) in [5.41, 5.74) is 0.235. The predicted octanol–water partition coefficient (Wildman–Crippen LogP) is 4.14. The Morgan fingerprint density at radius 3 is 2.52 bits per heavy atom. The molecule has 0 N–H and O–H groups in total. The number of hydrogen-bond acceptors (Lipinski definition) is 4. The fraction of sp³-hybridized carbons (Fsp3) is 0.333. The molecule has 0 aliphatic heterocycles. The Labute approximate surface area is 175 Å². The number of aromatic nitrogens is 2. The summed E-state index contributed by atoms with van der Waals surface area (Å²) in [4.78, 5) is 17.7. The lowest BCUT2D eigenvalue weighted by atomic mass is 10.2. The van der Waals surface area contributed by atoms with Gasteiger partial charge < -0.3 is 0 Å². The minimum absolute atomic E-state index is 0.223. The molecule has 0 aliphatic carbocycles. The zero-order valence-corrected chi connectivity index (χ0v) is 18.2. The van der Waals surface area contributed by atoms with Gasteiger partial charge >= 0.3 is 0 Å². The van der Waals surface area contributed by atoms with Crippen LogP contribution in [0.3, 0.4) is 0 Å². The van der Waals surface area contributed by atoms with Crippen LogP contribution in [0.5, 0.6) is 0 Å². The van der Waals surface area contributed by atoms with E-state index in [1.165, 1.54) is 8.87 Å². The molecule has 0 amide bonds. The lowest BCUT2D eigenvalue weighted by molar-refractivity contribution is 0.319. The van der Waals surface area contributed by atoms with Gasteiger partial charge in [-0.25, -0.2) is 13.4 Å². The van der Waals surface area contributed by atoms with E-state index < -0.39 is 16.1 Å². The van der Waals surface area contributed by atoms with E-state index in [2.05, 4.69) is 4.98 Å². The number of nitrogens with zero attached hydrogens (tertiary/aromatic N) is 3. The number of benzene rings is 2. The summed E-state index contributed by atoms with van der Waals surface area (Å²) in [6.07, 6.45) is 1.55. The van der Waals surface area contributed by atoms with Crippen LogP contribution in [0.25, 0.3) is 10.9 Å². The smallest absolute Gasteiger partial charge is 0.261 e. The molecule has 1 unspecified atom stereocenters. The van der Waals surface area contributed by atoms with Crippen molar-refractivity contribution in [2.75, 3.05) is 6.54 Å². The maximum absolute atomic E-state index is 13.4. The quantitative estimate of drug-likeness (QED) is 0.561. The van der Waals surface area contributed by atoms with Crippen molar-refractivity contribution in [2.24, 2.45) is 7.05 Å². The second-order valence-electron chi connectivity index (χ2n) is 6.95. The Bertz CT molecular complexity index is 1180. The summed E-state index contributed by atoms with van der Waals surface area (Å²) in [5.74, 6) is 0.389. The van der Waals surface area contributed by atoms with Crippen LogP contribution in [0, 0.1) is 0 Å². The van der Waals surface area contributed by atoms with Crippen molar-refractivity contribution in [3.8, 4) is 0 Å². The lowest BCUT2D eigenvalue weighted by Gasteiger charge is -2.29. The number of halogens is 1. The Morgan fingerprint density at radius 1 is 1.17 bits per heavy atom. The van der Waals surface area contributed by atoms with Crippen molar-refractivity contribution in [1.82, 2.24) is 13.9 Å². The standard InChI is InChI=1S/C21H24ClN3O3S/c1-4-5-13-25(29(27,28)17-9-7-6-8-10-17)15(2)20-23-19-12-11-16(22)14-18(19)21(26)24(20)3/h6-12,14-15H,4-5,13H2,1-3H3. The first-order valence-corrected chi connectivity index (χ1v) is 11.3. The summed E-state index contributed by atoms with van der Waals surface area (Å²) in [5, 5.41) is 0.857. The van der Waals surface area contributed by atoms with E-state index in [-0.39, 0.29) is 10.5 Å². The molecular weight excluding hydrogens is 410 g/mol. The van der Waals surface area contributed by atoms with Gasteiger partial charge in [0.05, 0.1) is 21.8 Å². The van der Waals surface area contributed by atoms with Crippen molar-refractivity contribution >= 4 is 32.5 Å². The first-order chi connectivity index (χ1) is 13.8. The Hall–Kier alpha value is -2.22. The number of unbranched alkanes of at least 4 members (excludes halogenated alkanes) is 1. The van der Waals surface area contributed by atoms with E-state index in [1.807, 2.05) is 6.92 Å². The van der Waals surface area contributed by atoms with Crippen LogP contribution in [-0.2, 0) is 17.1 Å². The molecule has 154 valence electrons. The largest absolute Gasteiger partial charge is 0.298 e. The predicted molar refractivity (Wildman–Crippen MR) is 116 cm³/mol. The van der Waals surface area contributed by atoms with Gasteiger partial charge in [-0.05, 0) is 43.7 Å². The van der Waals surface area contributed by atoms with Gasteiger partial charge in [0.25, 0.3) is 5.56 Å². The Balaban J connectivity index is 2.14. The van der Waals surface area contributed by atoms with Gasteiger partial charge in [-0.3, -0.25) is 9.36 Å². The molecule has 2 aromatic carbocycles. The van der Waals surface area contributed by atoms with Crippen LogP contribution in [0.4, 0.5) is 0 Å². The Kier molecular flexibility index (Phi) is 6.41. The molecule has 8 heteroatoms.